The second kappa shape index (κ2) is 9.36. The van der Waals surface area contributed by atoms with Crippen molar-refractivity contribution in [1.82, 2.24) is 24.1 Å². The van der Waals surface area contributed by atoms with Gasteiger partial charge in [0.25, 0.3) is 5.82 Å². The molecule has 2 atom stereocenters. The zero-order valence-corrected chi connectivity index (χ0v) is 19.7. The van der Waals surface area contributed by atoms with Crippen LogP contribution in [0.4, 0.5) is 5.13 Å². The molecule has 1 saturated heterocycles. The minimum absolute atomic E-state index is 0.0383. The van der Waals surface area contributed by atoms with Crippen molar-refractivity contribution in [3.8, 4) is 6.07 Å². The number of ketones is 1. The van der Waals surface area contributed by atoms with Gasteiger partial charge >= 0.3 is 16.3 Å². The van der Waals surface area contributed by atoms with Crippen LogP contribution >= 0.6 is 11.3 Å². The van der Waals surface area contributed by atoms with E-state index in [4.69, 9.17) is 15.8 Å². The summed E-state index contributed by atoms with van der Waals surface area (Å²) in [5.74, 6) is -4.71. The van der Waals surface area contributed by atoms with Gasteiger partial charge in [-0.1, -0.05) is 5.16 Å². The lowest BCUT2D eigenvalue weighted by atomic mass is 9.84. The van der Waals surface area contributed by atoms with Crippen molar-refractivity contribution in [3.05, 3.63) is 23.2 Å². The third kappa shape index (κ3) is 5.42. The molecule has 18 heteroatoms. The zero-order valence-electron chi connectivity index (χ0n) is 18.1. The second-order valence-electron chi connectivity index (χ2n) is 7.73. The number of carboxylic acid groups (broad SMARTS) is 1. The molecule has 1 amide bonds. The van der Waals surface area contributed by atoms with Crippen LogP contribution in [0.2, 0.25) is 0 Å². The maximum Gasteiger partial charge on any atom is 0.362 e. The molecule has 4 N–H and O–H groups in total. The van der Waals surface area contributed by atoms with Crippen LogP contribution in [0.5, 0.6) is 0 Å². The number of nitrogens with two attached hydrogens (primary N) is 1. The molecule has 35 heavy (non-hydrogen) atoms. The first-order valence-electron chi connectivity index (χ1n) is 9.59. The van der Waals surface area contributed by atoms with Gasteiger partial charge in [-0.2, -0.15) is 13.7 Å². The molecule has 0 spiro atoms. The molecule has 0 radical (unpaired) electrons. The van der Waals surface area contributed by atoms with E-state index in [9.17, 15) is 32.5 Å². The Balaban J connectivity index is 1.89. The van der Waals surface area contributed by atoms with Crippen LogP contribution < -0.4 is 5.73 Å². The van der Waals surface area contributed by atoms with Crippen molar-refractivity contribution in [2.75, 3.05) is 5.73 Å². The Bertz CT molecular complexity index is 1360. The number of nitrogen functional groups attached to an aromatic ring is 1. The summed E-state index contributed by atoms with van der Waals surface area (Å²) in [7, 11) is -4.96. The first-order valence-corrected chi connectivity index (χ1v) is 11.9. The Kier molecular flexibility index (Phi) is 6.86. The van der Waals surface area contributed by atoms with Crippen LogP contribution in [0, 0.1) is 17.2 Å². The van der Waals surface area contributed by atoms with Crippen molar-refractivity contribution in [2.24, 2.45) is 11.1 Å². The minimum atomic E-state index is -4.96. The standard InChI is InChI=1S/C17H18N8O8S2/c1-17(2,15(28)29)33-23-13(9-6-34-16(19)21-9)11(26)3-8-10(25(14(8)27)35(30,31)32)5-24-7-20-12(4-18)22-24/h6-8,10H,3,5H2,1-2H3,(H2,19,21)(H,28,29)(H,30,31,32)/b23-13-/t8-,10+/m0/s1. The zero-order chi connectivity index (χ0) is 26.1. The smallest absolute Gasteiger partial charge is 0.362 e. The van der Waals surface area contributed by atoms with Gasteiger partial charge in [0.2, 0.25) is 11.5 Å². The summed E-state index contributed by atoms with van der Waals surface area (Å²) in [6.07, 6.45) is 0.525. The molecule has 0 saturated carbocycles. The van der Waals surface area contributed by atoms with Gasteiger partial charge < -0.3 is 15.7 Å². The fourth-order valence-electron chi connectivity index (χ4n) is 3.04. The number of carbonyl (C=O) groups excluding carboxylic acids is 2. The SMILES string of the molecule is CC(C)(O/N=C(\C(=O)C[C@@H]1C(=O)N(S(=O)(=O)O)[C@@H]1Cn1cnc(C#N)n1)c1csc(N)n1)C(=O)O. The van der Waals surface area contributed by atoms with Crippen molar-refractivity contribution in [1.29, 1.82) is 5.26 Å². The van der Waals surface area contributed by atoms with Gasteiger partial charge in [0.1, 0.15) is 18.1 Å². The van der Waals surface area contributed by atoms with E-state index in [2.05, 4.69) is 20.2 Å². The number of oxime groups is 1. The summed E-state index contributed by atoms with van der Waals surface area (Å²) in [6, 6.07) is 0.444. The molecule has 3 rings (SSSR count). The summed E-state index contributed by atoms with van der Waals surface area (Å²) in [5.41, 5.74) is 3.32. The third-order valence-electron chi connectivity index (χ3n) is 4.87. The average Bonchev–Trinajstić information content (AvgIpc) is 3.39. The number of rotatable bonds is 10. The first-order chi connectivity index (χ1) is 16.2. The Labute approximate surface area is 201 Å². The normalized spacial score (nSPS) is 18.6. The van der Waals surface area contributed by atoms with Crippen LogP contribution in [-0.4, -0.2) is 77.1 Å². The van der Waals surface area contributed by atoms with E-state index in [0.29, 0.717) is 0 Å². The molecule has 1 fully saturated rings. The van der Waals surface area contributed by atoms with Crippen molar-refractivity contribution >= 4 is 50.1 Å². The van der Waals surface area contributed by atoms with Gasteiger partial charge in [-0.15, -0.1) is 16.4 Å². The van der Waals surface area contributed by atoms with Crippen LogP contribution in [0.3, 0.4) is 0 Å². The number of aliphatic carboxylic acids is 1. The molecule has 0 bridgehead atoms. The van der Waals surface area contributed by atoms with Crippen molar-refractivity contribution in [2.45, 2.75) is 38.5 Å². The van der Waals surface area contributed by atoms with E-state index >= 15 is 0 Å². The van der Waals surface area contributed by atoms with E-state index in [1.54, 1.807) is 6.07 Å². The molecule has 16 nitrogen and oxygen atoms in total. The van der Waals surface area contributed by atoms with E-state index in [1.807, 2.05) is 0 Å². The summed E-state index contributed by atoms with van der Waals surface area (Å²) in [4.78, 5) is 49.6. The maximum absolute atomic E-state index is 13.1. The Morgan fingerprint density at radius 1 is 1.43 bits per heavy atom. The highest BCUT2D eigenvalue weighted by molar-refractivity contribution is 7.84. The number of carboxylic acids is 1. The van der Waals surface area contributed by atoms with Gasteiger partial charge in [0, 0.05) is 11.8 Å². The Morgan fingerprint density at radius 2 is 2.11 bits per heavy atom. The molecule has 3 heterocycles. The van der Waals surface area contributed by atoms with Gasteiger partial charge in [-0.3, -0.25) is 14.1 Å². The number of carbonyl (C=O) groups is 3. The lowest BCUT2D eigenvalue weighted by molar-refractivity contribution is -0.161. The summed E-state index contributed by atoms with van der Waals surface area (Å²) < 4.78 is 34.1. The predicted octanol–water partition coefficient (Wildman–Crippen LogP) is -0.938. The molecular formula is C17H18N8O8S2. The summed E-state index contributed by atoms with van der Waals surface area (Å²) >= 11 is 0.969. The van der Waals surface area contributed by atoms with E-state index in [0.717, 1.165) is 22.3 Å². The molecule has 2 aromatic heterocycles. The molecule has 0 aromatic carbocycles. The highest BCUT2D eigenvalue weighted by Crippen LogP contribution is 2.33. The van der Waals surface area contributed by atoms with Gasteiger partial charge in [0.05, 0.1) is 18.5 Å². The van der Waals surface area contributed by atoms with E-state index < -0.39 is 57.7 Å². The maximum atomic E-state index is 13.1. The van der Waals surface area contributed by atoms with Gasteiger partial charge in [-0.05, 0) is 13.8 Å². The number of hydrogen-bond donors (Lipinski definition) is 3. The van der Waals surface area contributed by atoms with Crippen molar-refractivity contribution < 1.29 is 37.3 Å². The number of thiazole rings is 1. The number of β-lactam (4-membered cyclic amide) rings is 1. The number of nitriles is 1. The third-order valence-corrected chi connectivity index (χ3v) is 6.50. The van der Waals surface area contributed by atoms with Crippen LogP contribution in [0.1, 0.15) is 31.8 Å². The molecule has 1 aliphatic heterocycles. The number of nitrogens with zero attached hydrogens (tertiary/aromatic N) is 7. The largest absolute Gasteiger partial charge is 0.478 e. The Morgan fingerprint density at radius 3 is 2.63 bits per heavy atom. The molecule has 0 unspecified atom stereocenters. The van der Waals surface area contributed by atoms with Crippen LogP contribution in [-0.2, 0) is 36.1 Å². The molecule has 0 aliphatic carbocycles. The van der Waals surface area contributed by atoms with Crippen molar-refractivity contribution in [3.63, 3.8) is 0 Å². The fraction of sp³-hybridized carbons (Fsp3) is 0.412. The summed E-state index contributed by atoms with van der Waals surface area (Å²) in [5, 5.41) is 27.0. The van der Waals surface area contributed by atoms with Crippen LogP contribution in [0.25, 0.3) is 0 Å². The van der Waals surface area contributed by atoms with E-state index in [-0.39, 0.29) is 27.5 Å². The Hall–Kier alpha value is -3.95. The molecule has 1 aliphatic rings. The van der Waals surface area contributed by atoms with Gasteiger partial charge in [0.15, 0.2) is 16.6 Å². The van der Waals surface area contributed by atoms with E-state index in [1.165, 1.54) is 19.2 Å². The second-order valence-corrected chi connectivity index (χ2v) is 9.91. The number of Topliss-reactive ketones (excluding diaryl/α,β-unsaturated/α-hetero) is 1. The number of hydrogen-bond acceptors (Lipinski definition) is 13. The summed E-state index contributed by atoms with van der Waals surface area (Å²) in [6.45, 7) is 2.08. The monoisotopic (exact) mass is 526 g/mol. The highest BCUT2D eigenvalue weighted by Gasteiger charge is 2.54. The molecule has 186 valence electrons. The first kappa shape index (κ1) is 25.7. The predicted molar refractivity (Wildman–Crippen MR) is 116 cm³/mol. The number of anilines is 1. The molecular weight excluding hydrogens is 508 g/mol. The average molecular weight is 527 g/mol. The topological polar surface area (TPSA) is 244 Å². The van der Waals surface area contributed by atoms with Gasteiger partial charge in [-0.25, -0.2) is 23.7 Å². The van der Waals surface area contributed by atoms with Crippen LogP contribution in [0.15, 0.2) is 16.9 Å². The number of aromatic nitrogens is 4. The lowest BCUT2D eigenvalue weighted by Crippen LogP contribution is -2.64. The quantitative estimate of drug-likeness (QED) is 0.147. The highest BCUT2D eigenvalue weighted by atomic mass is 32.2. The molecule has 2 aromatic rings. The fourth-order valence-corrected chi connectivity index (χ4v) is 4.51. The number of amides is 1. The lowest BCUT2D eigenvalue weighted by Gasteiger charge is -2.43. The minimum Gasteiger partial charge on any atom is -0.478 e.